The zero-order valence-electron chi connectivity index (χ0n) is 9.21. The minimum atomic E-state index is -3.89. The molecular formula is C9H9BrN4O3S. The monoisotopic (exact) mass is 332 g/mol. The molecule has 0 saturated carbocycles. The number of hydrogen-bond acceptors (Lipinski definition) is 5. The van der Waals surface area contributed by atoms with Crippen molar-refractivity contribution in [2.24, 2.45) is 5.14 Å². The summed E-state index contributed by atoms with van der Waals surface area (Å²) in [5.74, 6) is 0.819. The molecule has 0 aliphatic carbocycles. The number of aromatic amines is 1. The van der Waals surface area contributed by atoms with E-state index in [2.05, 4.69) is 31.1 Å². The Morgan fingerprint density at radius 3 is 2.72 bits per heavy atom. The fourth-order valence-corrected chi connectivity index (χ4v) is 2.11. The largest absolute Gasteiger partial charge is 0.497 e. The summed E-state index contributed by atoms with van der Waals surface area (Å²) in [5, 5.41) is 10.6. The summed E-state index contributed by atoms with van der Waals surface area (Å²) >= 11 is 3.33. The van der Waals surface area contributed by atoms with E-state index in [4.69, 9.17) is 9.88 Å². The number of methoxy groups -OCH3 is 1. The van der Waals surface area contributed by atoms with Gasteiger partial charge in [0.15, 0.2) is 5.82 Å². The summed E-state index contributed by atoms with van der Waals surface area (Å²) in [6, 6.07) is 5.18. The number of benzene rings is 1. The molecule has 3 N–H and O–H groups in total. The lowest BCUT2D eigenvalue weighted by atomic mass is 10.2. The van der Waals surface area contributed by atoms with Crippen LogP contribution in [-0.4, -0.2) is 30.7 Å². The molecule has 0 aliphatic heterocycles. The zero-order chi connectivity index (χ0) is 13.3. The average Bonchev–Trinajstić information content (AvgIpc) is 2.78. The third-order valence-electron chi connectivity index (χ3n) is 2.15. The van der Waals surface area contributed by atoms with E-state index < -0.39 is 10.0 Å². The lowest BCUT2D eigenvalue weighted by Crippen LogP contribution is -2.13. The number of nitrogens with two attached hydrogens (primary N) is 1. The van der Waals surface area contributed by atoms with Gasteiger partial charge < -0.3 is 4.74 Å². The van der Waals surface area contributed by atoms with Gasteiger partial charge in [-0.15, -0.1) is 0 Å². The van der Waals surface area contributed by atoms with Crippen molar-refractivity contribution in [3.8, 4) is 17.1 Å². The van der Waals surface area contributed by atoms with Crippen molar-refractivity contribution < 1.29 is 13.2 Å². The minimum Gasteiger partial charge on any atom is -0.497 e. The Labute approximate surface area is 112 Å². The van der Waals surface area contributed by atoms with Gasteiger partial charge in [0.05, 0.1) is 7.11 Å². The number of aromatic nitrogens is 3. The first-order valence-corrected chi connectivity index (χ1v) is 7.05. The standard InChI is InChI=1S/C9H9BrN4O3S/c1-17-5-2-3-7(10)6(4-5)8-12-9(14-13-8)18(11,15)16/h2-4H,1H3,(H2,11,15,16)(H,12,13,14). The number of hydrogen-bond donors (Lipinski definition) is 2. The van der Waals surface area contributed by atoms with E-state index in [0.717, 1.165) is 0 Å². The molecule has 0 saturated heterocycles. The Balaban J connectivity index is 2.52. The van der Waals surface area contributed by atoms with E-state index in [1.807, 2.05) is 0 Å². The predicted molar refractivity (Wildman–Crippen MR) is 67.4 cm³/mol. The first kappa shape index (κ1) is 13.0. The summed E-state index contributed by atoms with van der Waals surface area (Å²) in [7, 11) is -2.37. The van der Waals surface area contributed by atoms with Crippen molar-refractivity contribution >= 4 is 26.0 Å². The fourth-order valence-electron chi connectivity index (χ4n) is 1.30. The highest BCUT2D eigenvalue weighted by atomic mass is 79.9. The van der Waals surface area contributed by atoms with Crippen LogP contribution in [0.3, 0.4) is 0 Å². The third-order valence-corrected chi connectivity index (χ3v) is 3.56. The molecule has 96 valence electrons. The normalized spacial score (nSPS) is 11.5. The van der Waals surface area contributed by atoms with E-state index in [1.54, 1.807) is 18.2 Å². The Bertz CT molecular complexity index is 683. The summed E-state index contributed by atoms with van der Waals surface area (Å²) < 4.78 is 28.0. The summed E-state index contributed by atoms with van der Waals surface area (Å²) in [6.45, 7) is 0. The van der Waals surface area contributed by atoms with Gasteiger partial charge in [-0.2, -0.15) is 10.1 Å². The van der Waals surface area contributed by atoms with Gasteiger partial charge in [-0.25, -0.2) is 18.7 Å². The molecule has 2 rings (SSSR count). The molecule has 18 heavy (non-hydrogen) atoms. The average molecular weight is 333 g/mol. The van der Waals surface area contributed by atoms with Crippen LogP contribution in [0.25, 0.3) is 11.4 Å². The van der Waals surface area contributed by atoms with Gasteiger partial charge in [0.1, 0.15) is 5.75 Å². The fraction of sp³-hybridized carbons (Fsp3) is 0.111. The quantitative estimate of drug-likeness (QED) is 0.866. The van der Waals surface area contributed by atoms with E-state index in [9.17, 15) is 8.42 Å². The molecule has 2 aromatic rings. The van der Waals surface area contributed by atoms with Crippen molar-refractivity contribution in [1.29, 1.82) is 0 Å². The second kappa shape index (κ2) is 4.67. The predicted octanol–water partition coefficient (Wildman–Crippen LogP) is 0.890. The minimum absolute atomic E-state index is 0.213. The van der Waals surface area contributed by atoms with Crippen molar-refractivity contribution in [3.05, 3.63) is 22.7 Å². The van der Waals surface area contributed by atoms with Crippen LogP contribution in [0.4, 0.5) is 0 Å². The maximum atomic E-state index is 11.1. The van der Waals surface area contributed by atoms with Crippen molar-refractivity contribution in [3.63, 3.8) is 0 Å². The van der Waals surface area contributed by atoms with Gasteiger partial charge in [0.25, 0.3) is 15.2 Å². The van der Waals surface area contributed by atoms with Gasteiger partial charge in [0, 0.05) is 10.0 Å². The molecule has 0 spiro atoms. The Morgan fingerprint density at radius 1 is 1.44 bits per heavy atom. The highest BCUT2D eigenvalue weighted by molar-refractivity contribution is 9.10. The number of sulfonamides is 1. The molecule has 0 aliphatic rings. The molecule has 0 bridgehead atoms. The Morgan fingerprint density at radius 2 is 2.17 bits per heavy atom. The van der Waals surface area contributed by atoms with Gasteiger partial charge >= 0.3 is 0 Å². The molecule has 0 unspecified atom stereocenters. The highest BCUT2D eigenvalue weighted by Gasteiger charge is 2.16. The Hall–Kier alpha value is -1.45. The van der Waals surface area contributed by atoms with Crippen molar-refractivity contribution in [2.75, 3.05) is 7.11 Å². The molecule has 9 heteroatoms. The third kappa shape index (κ3) is 2.52. The van der Waals surface area contributed by atoms with E-state index in [1.165, 1.54) is 7.11 Å². The molecule has 1 aromatic carbocycles. The van der Waals surface area contributed by atoms with Crippen LogP contribution in [0.5, 0.6) is 5.75 Å². The van der Waals surface area contributed by atoms with Gasteiger partial charge in [-0.3, -0.25) is 0 Å². The SMILES string of the molecule is COc1ccc(Br)c(-c2n[nH]c(S(N)(=O)=O)n2)c1. The van der Waals surface area contributed by atoms with Crippen LogP contribution in [0.1, 0.15) is 0 Å². The number of H-pyrrole nitrogens is 1. The lowest BCUT2D eigenvalue weighted by Gasteiger charge is -2.03. The van der Waals surface area contributed by atoms with Crippen LogP contribution in [0.2, 0.25) is 0 Å². The van der Waals surface area contributed by atoms with Crippen LogP contribution in [-0.2, 0) is 10.0 Å². The number of halogens is 1. The molecule has 0 fully saturated rings. The van der Waals surface area contributed by atoms with Crippen LogP contribution in [0.15, 0.2) is 27.8 Å². The molecule has 1 aromatic heterocycles. The second-order valence-corrected chi connectivity index (χ2v) is 5.69. The van der Waals surface area contributed by atoms with Crippen LogP contribution < -0.4 is 9.88 Å². The topological polar surface area (TPSA) is 111 Å². The smallest absolute Gasteiger partial charge is 0.273 e. The number of rotatable bonds is 3. The first-order chi connectivity index (χ1) is 8.41. The molecular weight excluding hydrogens is 324 g/mol. The van der Waals surface area contributed by atoms with Gasteiger partial charge in [-0.1, -0.05) is 15.9 Å². The van der Waals surface area contributed by atoms with Gasteiger partial charge in [-0.05, 0) is 18.2 Å². The number of nitrogens with one attached hydrogen (secondary N) is 1. The molecule has 7 nitrogen and oxygen atoms in total. The van der Waals surface area contributed by atoms with Crippen molar-refractivity contribution in [1.82, 2.24) is 15.2 Å². The van der Waals surface area contributed by atoms with Gasteiger partial charge in [0.2, 0.25) is 0 Å². The first-order valence-electron chi connectivity index (χ1n) is 4.71. The highest BCUT2D eigenvalue weighted by Crippen LogP contribution is 2.29. The zero-order valence-corrected chi connectivity index (χ0v) is 11.6. The van der Waals surface area contributed by atoms with E-state index in [-0.39, 0.29) is 11.0 Å². The lowest BCUT2D eigenvalue weighted by molar-refractivity contribution is 0.415. The van der Waals surface area contributed by atoms with Crippen LogP contribution in [0, 0.1) is 0 Å². The van der Waals surface area contributed by atoms with E-state index in [0.29, 0.717) is 15.8 Å². The van der Waals surface area contributed by atoms with Crippen LogP contribution >= 0.6 is 15.9 Å². The number of primary sulfonamides is 1. The maximum absolute atomic E-state index is 11.1. The summed E-state index contributed by atoms with van der Waals surface area (Å²) in [5.41, 5.74) is 0.598. The maximum Gasteiger partial charge on any atom is 0.273 e. The van der Waals surface area contributed by atoms with Crippen molar-refractivity contribution in [2.45, 2.75) is 5.16 Å². The Kier molecular flexibility index (Phi) is 3.37. The molecule has 0 amide bonds. The summed E-state index contributed by atoms with van der Waals surface area (Å²) in [4.78, 5) is 3.82. The molecule has 0 atom stereocenters. The summed E-state index contributed by atoms with van der Waals surface area (Å²) in [6.07, 6.45) is 0. The molecule has 1 heterocycles. The molecule has 0 radical (unpaired) electrons. The van der Waals surface area contributed by atoms with E-state index >= 15 is 0 Å². The number of ether oxygens (including phenoxy) is 1. The number of nitrogens with zero attached hydrogens (tertiary/aromatic N) is 2. The second-order valence-electron chi connectivity index (χ2n) is 3.35.